The van der Waals surface area contributed by atoms with Crippen molar-refractivity contribution in [1.29, 1.82) is 5.26 Å². The molecule has 1 atom stereocenters. The summed E-state index contributed by atoms with van der Waals surface area (Å²) < 4.78 is 30.9. The minimum absolute atomic E-state index is 0.0642. The number of amides is 1. The second kappa shape index (κ2) is 6.80. The molecule has 0 bridgehead atoms. The molecule has 2 aromatic rings. The Morgan fingerprint density at radius 1 is 1.52 bits per heavy atom. The molecule has 1 heterocycles. The molecule has 0 saturated heterocycles. The second-order valence-electron chi connectivity index (χ2n) is 4.33. The molecule has 1 amide bonds. The Labute approximate surface area is 128 Å². The lowest BCUT2D eigenvalue weighted by Crippen LogP contribution is -2.19. The molecule has 23 heavy (non-hydrogen) atoms. The predicted molar refractivity (Wildman–Crippen MR) is 71.9 cm³/mol. The van der Waals surface area contributed by atoms with Gasteiger partial charge < -0.3 is 15.6 Å². The number of aromatic nitrogens is 3. The van der Waals surface area contributed by atoms with Gasteiger partial charge in [-0.3, -0.25) is 0 Å². The van der Waals surface area contributed by atoms with Gasteiger partial charge in [-0.15, -0.1) is 0 Å². The van der Waals surface area contributed by atoms with Crippen LogP contribution in [0.4, 0.5) is 13.6 Å². The zero-order valence-corrected chi connectivity index (χ0v) is 11.6. The summed E-state index contributed by atoms with van der Waals surface area (Å²) in [5, 5.41) is 21.8. The highest BCUT2D eigenvalue weighted by Gasteiger charge is 2.21. The molecule has 0 aliphatic heterocycles. The molecule has 1 aromatic carbocycles. The third-order valence-electron chi connectivity index (χ3n) is 2.96. The minimum atomic E-state index is -2.95. The smallest absolute Gasteiger partial charge is 0.405 e. The van der Waals surface area contributed by atoms with Gasteiger partial charge in [-0.05, 0) is 17.7 Å². The number of hydrogen-bond donors (Lipinski definition) is 2. The molecule has 2 rings (SSSR count). The first kappa shape index (κ1) is 16.3. The SMILES string of the molecule is N#Cc1ccc(C(CO)OC(N)=O)cc1-c1ncnn1C(F)F. The Bertz CT molecular complexity index is 756. The highest BCUT2D eigenvalue weighted by molar-refractivity contribution is 5.67. The van der Waals surface area contributed by atoms with E-state index in [1.165, 1.54) is 18.2 Å². The van der Waals surface area contributed by atoms with Crippen molar-refractivity contribution >= 4 is 6.09 Å². The van der Waals surface area contributed by atoms with Gasteiger partial charge in [0.05, 0.1) is 18.2 Å². The Morgan fingerprint density at radius 2 is 2.26 bits per heavy atom. The number of benzene rings is 1. The van der Waals surface area contributed by atoms with Crippen molar-refractivity contribution in [2.45, 2.75) is 12.7 Å². The Kier molecular flexibility index (Phi) is 4.82. The summed E-state index contributed by atoms with van der Waals surface area (Å²) in [5.74, 6) is -0.228. The summed E-state index contributed by atoms with van der Waals surface area (Å²) in [6.07, 6.45) is -1.27. The van der Waals surface area contributed by atoms with Gasteiger partial charge in [0.2, 0.25) is 0 Å². The average molecular weight is 323 g/mol. The van der Waals surface area contributed by atoms with E-state index in [2.05, 4.69) is 10.1 Å². The zero-order valence-electron chi connectivity index (χ0n) is 11.6. The zero-order chi connectivity index (χ0) is 17.0. The highest BCUT2D eigenvalue weighted by atomic mass is 19.3. The molecule has 10 heteroatoms. The molecule has 1 unspecified atom stereocenters. The maximum absolute atomic E-state index is 12.9. The lowest BCUT2D eigenvalue weighted by atomic mass is 10.0. The van der Waals surface area contributed by atoms with Crippen LogP contribution in [0.1, 0.15) is 23.8 Å². The van der Waals surface area contributed by atoms with Gasteiger partial charge in [0.1, 0.15) is 6.33 Å². The number of rotatable bonds is 5. The van der Waals surface area contributed by atoms with Gasteiger partial charge in [-0.2, -0.15) is 23.8 Å². The van der Waals surface area contributed by atoms with Gasteiger partial charge in [-0.1, -0.05) is 6.07 Å². The van der Waals surface area contributed by atoms with Crippen LogP contribution < -0.4 is 5.73 Å². The minimum Gasteiger partial charge on any atom is -0.439 e. The van der Waals surface area contributed by atoms with E-state index in [9.17, 15) is 18.7 Å². The van der Waals surface area contributed by atoms with Crippen molar-refractivity contribution in [2.75, 3.05) is 6.61 Å². The standard InChI is InChI=1S/C13H11F2N5O3/c14-12(15)20-11(18-6-19-20)9-3-7(1-2-8(9)4-16)10(5-21)23-13(17)22/h1-3,6,10,12,21H,5H2,(H2,17,22). The van der Waals surface area contributed by atoms with Gasteiger partial charge in [0.25, 0.3) is 0 Å². The lowest BCUT2D eigenvalue weighted by Gasteiger charge is -2.16. The van der Waals surface area contributed by atoms with Crippen molar-refractivity contribution < 1.29 is 23.4 Å². The fraction of sp³-hybridized carbons (Fsp3) is 0.231. The van der Waals surface area contributed by atoms with Gasteiger partial charge in [0, 0.05) is 5.56 Å². The summed E-state index contributed by atoms with van der Waals surface area (Å²) in [5.41, 5.74) is 5.31. The first-order valence-corrected chi connectivity index (χ1v) is 6.27. The highest BCUT2D eigenvalue weighted by Crippen LogP contribution is 2.28. The first-order chi connectivity index (χ1) is 11.0. The van der Waals surface area contributed by atoms with Gasteiger partial charge in [0.15, 0.2) is 11.9 Å². The quantitative estimate of drug-likeness (QED) is 0.854. The number of halogens is 2. The molecule has 1 aromatic heterocycles. The molecule has 0 saturated carbocycles. The fourth-order valence-corrected chi connectivity index (χ4v) is 1.98. The van der Waals surface area contributed by atoms with E-state index in [4.69, 9.17) is 15.7 Å². The number of alkyl halides is 2. The van der Waals surface area contributed by atoms with Gasteiger partial charge in [-0.25, -0.2) is 9.78 Å². The third kappa shape index (κ3) is 3.41. The van der Waals surface area contributed by atoms with Crippen molar-refractivity contribution in [2.24, 2.45) is 5.73 Å². The number of nitriles is 1. The van der Waals surface area contributed by atoms with Crippen molar-refractivity contribution in [3.8, 4) is 17.5 Å². The second-order valence-corrected chi connectivity index (χ2v) is 4.33. The third-order valence-corrected chi connectivity index (χ3v) is 2.96. The number of carbonyl (C=O) groups is 1. The van der Waals surface area contributed by atoms with Crippen molar-refractivity contribution in [1.82, 2.24) is 14.8 Å². The summed E-state index contributed by atoms with van der Waals surface area (Å²) in [6.45, 7) is -3.52. The summed E-state index contributed by atoms with van der Waals surface area (Å²) in [7, 11) is 0. The Balaban J connectivity index is 2.54. The number of aliphatic hydroxyl groups excluding tert-OH is 1. The fourth-order valence-electron chi connectivity index (χ4n) is 1.98. The summed E-state index contributed by atoms with van der Waals surface area (Å²) in [6, 6.07) is 5.91. The van der Waals surface area contributed by atoms with E-state index in [0.29, 0.717) is 4.68 Å². The normalized spacial score (nSPS) is 12.0. The molecule has 8 nitrogen and oxygen atoms in total. The largest absolute Gasteiger partial charge is 0.439 e. The molecule has 3 N–H and O–H groups in total. The topological polar surface area (TPSA) is 127 Å². The van der Waals surface area contributed by atoms with Crippen LogP contribution in [0.2, 0.25) is 0 Å². The number of primary amides is 1. The summed E-state index contributed by atoms with van der Waals surface area (Å²) >= 11 is 0. The first-order valence-electron chi connectivity index (χ1n) is 6.27. The van der Waals surface area contributed by atoms with E-state index >= 15 is 0 Å². The number of nitrogens with zero attached hydrogens (tertiary/aromatic N) is 4. The molecular formula is C13H11F2N5O3. The molecule has 0 aliphatic rings. The number of aliphatic hydroxyl groups is 1. The molecule has 0 fully saturated rings. The van der Waals surface area contributed by atoms with Crippen LogP contribution in [0, 0.1) is 11.3 Å². The van der Waals surface area contributed by atoms with Crippen LogP contribution in [0.25, 0.3) is 11.4 Å². The molecule has 0 radical (unpaired) electrons. The van der Waals surface area contributed by atoms with Crippen molar-refractivity contribution in [3.63, 3.8) is 0 Å². The van der Waals surface area contributed by atoms with Crippen LogP contribution in [0.5, 0.6) is 0 Å². The lowest BCUT2D eigenvalue weighted by molar-refractivity contribution is 0.0582. The molecule has 120 valence electrons. The maximum atomic E-state index is 12.9. The average Bonchev–Trinajstić information content (AvgIpc) is 3.01. The maximum Gasteiger partial charge on any atom is 0.405 e. The van der Waals surface area contributed by atoms with E-state index in [-0.39, 0.29) is 22.5 Å². The van der Waals surface area contributed by atoms with Crippen LogP contribution in [-0.4, -0.2) is 32.6 Å². The molecule has 0 aliphatic carbocycles. The molecule has 0 spiro atoms. The number of hydrogen-bond acceptors (Lipinski definition) is 6. The van der Waals surface area contributed by atoms with Crippen molar-refractivity contribution in [3.05, 3.63) is 35.7 Å². The Hall–Kier alpha value is -3.06. The van der Waals surface area contributed by atoms with Crippen LogP contribution in [0.3, 0.4) is 0 Å². The summed E-state index contributed by atoms with van der Waals surface area (Å²) in [4.78, 5) is 14.6. The van der Waals surface area contributed by atoms with Crippen LogP contribution >= 0.6 is 0 Å². The number of nitrogens with two attached hydrogens (primary N) is 1. The van der Waals surface area contributed by atoms with E-state index < -0.39 is 25.4 Å². The van der Waals surface area contributed by atoms with Crippen LogP contribution in [-0.2, 0) is 4.74 Å². The van der Waals surface area contributed by atoms with E-state index in [1.54, 1.807) is 0 Å². The number of ether oxygens (including phenoxy) is 1. The monoisotopic (exact) mass is 323 g/mol. The van der Waals surface area contributed by atoms with Gasteiger partial charge >= 0.3 is 12.6 Å². The number of carbonyl (C=O) groups excluding carboxylic acids is 1. The van der Waals surface area contributed by atoms with E-state index in [1.807, 2.05) is 6.07 Å². The molecular weight excluding hydrogens is 312 g/mol. The Morgan fingerprint density at radius 3 is 2.83 bits per heavy atom. The van der Waals surface area contributed by atoms with Crippen LogP contribution in [0.15, 0.2) is 24.5 Å². The van der Waals surface area contributed by atoms with E-state index in [0.717, 1.165) is 6.33 Å². The predicted octanol–water partition coefficient (Wildman–Crippen LogP) is 1.34.